The van der Waals surface area contributed by atoms with Crippen molar-refractivity contribution in [1.82, 2.24) is 4.90 Å². The van der Waals surface area contributed by atoms with Crippen LogP contribution >= 0.6 is 0 Å². The Morgan fingerprint density at radius 2 is 1.96 bits per heavy atom. The van der Waals surface area contributed by atoms with Crippen molar-refractivity contribution in [3.8, 4) is 5.75 Å². The van der Waals surface area contributed by atoms with E-state index in [1.807, 2.05) is 18.2 Å². The highest BCUT2D eigenvalue weighted by molar-refractivity contribution is 6.14. The molecule has 2 aromatic carbocycles. The molecule has 0 amide bonds. The van der Waals surface area contributed by atoms with E-state index in [-0.39, 0.29) is 0 Å². The van der Waals surface area contributed by atoms with Crippen LogP contribution in [0.25, 0.3) is 0 Å². The number of nitrogens with two attached hydrogens (primary N) is 1. The van der Waals surface area contributed by atoms with Gasteiger partial charge < -0.3 is 15.4 Å². The molecule has 2 aliphatic rings. The van der Waals surface area contributed by atoms with Crippen LogP contribution in [0.5, 0.6) is 5.75 Å². The molecule has 0 saturated carbocycles. The zero-order chi connectivity index (χ0) is 16.7. The third-order valence-corrected chi connectivity index (χ3v) is 5.17. The second kappa shape index (κ2) is 5.95. The van der Waals surface area contributed by atoms with Crippen LogP contribution in [0, 0.1) is 0 Å². The number of aliphatic imine (C=N–C) groups is 1. The zero-order valence-electron chi connectivity index (χ0n) is 14.2. The van der Waals surface area contributed by atoms with E-state index in [4.69, 9.17) is 15.5 Å². The maximum atomic E-state index is 5.85. The Morgan fingerprint density at radius 1 is 1.17 bits per heavy atom. The van der Waals surface area contributed by atoms with Gasteiger partial charge in [-0.2, -0.15) is 0 Å². The maximum Gasteiger partial charge on any atom is 0.119 e. The Balaban J connectivity index is 1.85. The molecule has 0 aliphatic carbocycles. The van der Waals surface area contributed by atoms with Crippen molar-refractivity contribution in [1.29, 1.82) is 0 Å². The SMILES string of the molecule is COc1ccc2c(c1)[C@H]1CN(C)CC[C@H]1N=C2c1ccc(N)cc1. The van der Waals surface area contributed by atoms with Crippen molar-refractivity contribution in [3.63, 3.8) is 0 Å². The van der Waals surface area contributed by atoms with Crippen molar-refractivity contribution in [3.05, 3.63) is 59.2 Å². The molecule has 2 aliphatic heterocycles. The van der Waals surface area contributed by atoms with E-state index in [1.165, 1.54) is 11.1 Å². The topological polar surface area (TPSA) is 50.8 Å². The molecule has 0 radical (unpaired) electrons. The molecule has 2 aromatic rings. The highest BCUT2D eigenvalue weighted by Crippen LogP contribution is 2.38. The molecular formula is C20H23N3O. The summed E-state index contributed by atoms with van der Waals surface area (Å²) in [4.78, 5) is 7.54. The number of rotatable bonds is 2. The van der Waals surface area contributed by atoms with Crippen molar-refractivity contribution >= 4 is 11.4 Å². The number of benzene rings is 2. The average molecular weight is 321 g/mol. The number of hydrogen-bond donors (Lipinski definition) is 1. The van der Waals surface area contributed by atoms with Crippen LogP contribution in [0.15, 0.2) is 47.5 Å². The van der Waals surface area contributed by atoms with Crippen molar-refractivity contribution in [2.45, 2.75) is 18.4 Å². The summed E-state index contributed by atoms with van der Waals surface area (Å²) in [5, 5.41) is 0. The molecule has 4 nitrogen and oxygen atoms in total. The van der Waals surface area contributed by atoms with E-state index < -0.39 is 0 Å². The molecule has 1 saturated heterocycles. The second-order valence-corrected chi connectivity index (χ2v) is 6.78. The molecule has 2 atom stereocenters. The van der Waals surface area contributed by atoms with Gasteiger partial charge >= 0.3 is 0 Å². The number of likely N-dealkylation sites (N-methyl/N-ethyl adjacent to an activating group) is 1. The van der Waals surface area contributed by atoms with Gasteiger partial charge in [-0.3, -0.25) is 4.99 Å². The maximum absolute atomic E-state index is 5.85. The predicted molar refractivity (Wildman–Crippen MR) is 98.1 cm³/mol. The summed E-state index contributed by atoms with van der Waals surface area (Å²) in [6, 6.07) is 14.7. The number of nitrogens with zero attached hydrogens (tertiary/aromatic N) is 2. The Bertz CT molecular complexity index is 782. The molecule has 0 unspecified atom stereocenters. The van der Waals surface area contributed by atoms with Crippen LogP contribution < -0.4 is 10.5 Å². The van der Waals surface area contributed by atoms with Gasteiger partial charge in [0.2, 0.25) is 0 Å². The minimum Gasteiger partial charge on any atom is -0.497 e. The number of fused-ring (bicyclic) bond motifs is 3. The van der Waals surface area contributed by atoms with Gasteiger partial charge in [-0.1, -0.05) is 12.1 Å². The third kappa shape index (κ3) is 2.57. The molecule has 24 heavy (non-hydrogen) atoms. The van der Waals surface area contributed by atoms with E-state index in [9.17, 15) is 0 Å². The summed E-state index contributed by atoms with van der Waals surface area (Å²) in [6.45, 7) is 2.14. The number of piperidine rings is 1. The van der Waals surface area contributed by atoms with E-state index >= 15 is 0 Å². The van der Waals surface area contributed by atoms with Gasteiger partial charge in [0, 0.05) is 29.3 Å². The normalized spacial score (nSPS) is 23.2. The fourth-order valence-electron chi connectivity index (χ4n) is 3.86. The Kier molecular flexibility index (Phi) is 3.77. The number of methoxy groups -OCH3 is 1. The lowest BCUT2D eigenvalue weighted by molar-refractivity contribution is 0.227. The highest BCUT2D eigenvalue weighted by atomic mass is 16.5. The molecule has 0 spiro atoms. The summed E-state index contributed by atoms with van der Waals surface area (Å²) < 4.78 is 5.47. The van der Waals surface area contributed by atoms with Crippen molar-refractivity contribution in [2.24, 2.45) is 4.99 Å². The van der Waals surface area contributed by atoms with Crippen LogP contribution in [0.1, 0.15) is 29.0 Å². The molecule has 4 rings (SSSR count). The van der Waals surface area contributed by atoms with Crippen LogP contribution in [0.3, 0.4) is 0 Å². The lowest BCUT2D eigenvalue weighted by atomic mass is 9.79. The Labute approximate surface area is 143 Å². The Hall–Kier alpha value is -2.33. The molecule has 0 aromatic heterocycles. The number of hydrogen-bond acceptors (Lipinski definition) is 4. The van der Waals surface area contributed by atoms with Gasteiger partial charge in [0.1, 0.15) is 5.75 Å². The number of likely N-dealkylation sites (tertiary alicyclic amines) is 1. The predicted octanol–water partition coefficient (Wildman–Crippen LogP) is 2.92. The molecule has 124 valence electrons. The van der Waals surface area contributed by atoms with Gasteiger partial charge in [-0.25, -0.2) is 0 Å². The lowest BCUT2D eigenvalue weighted by Gasteiger charge is -2.39. The molecule has 2 N–H and O–H groups in total. The molecule has 1 fully saturated rings. The van der Waals surface area contributed by atoms with Crippen LogP contribution in [0.2, 0.25) is 0 Å². The van der Waals surface area contributed by atoms with Crippen LogP contribution in [0.4, 0.5) is 5.69 Å². The first-order chi connectivity index (χ1) is 11.7. The third-order valence-electron chi connectivity index (χ3n) is 5.17. The average Bonchev–Trinajstić information content (AvgIpc) is 2.61. The van der Waals surface area contributed by atoms with Crippen molar-refractivity contribution < 1.29 is 4.74 Å². The van der Waals surface area contributed by atoms with Crippen molar-refractivity contribution in [2.75, 3.05) is 33.0 Å². The van der Waals surface area contributed by atoms with Gasteiger partial charge in [0.15, 0.2) is 0 Å². The summed E-state index contributed by atoms with van der Waals surface area (Å²) in [6.07, 6.45) is 1.09. The van der Waals surface area contributed by atoms with E-state index in [0.717, 1.165) is 42.2 Å². The number of anilines is 1. The quantitative estimate of drug-likeness (QED) is 0.865. The first kappa shape index (κ1) is 15.2. The zero-order valence-corrected chi connectivity index (χ0v) is 14.2. The Morgan fingerprint density at radius 3 is 2.71 bits per heavy atom. The first-order valence-corrected chi connectivity index (χ1v) is 8.46. The number of ether oxygens (including phenoxy) is 1. The van der Waals surface area contributed by atoms with Gasteiger partial charge in [-0.15, -0.1) is 0 Å². The smallest absolute Gasteiger partial charge is 0.119 e. The first-order valence-electron chi connectivity index (χ1n) is 8.46. The monoisotopic (exact) mass is 321 g/mol. The van der Waals surface area contributed by atoms with Gasteiger partial charge in [-0.05, 0) is 55.9 Å². The molecule has 4 heteroatoms. The van der Waals surface area contributed by atoms with E-state index in [1.54, 1.807) is 7.11 Å². The van der Waals surface area contributed by atoms with Gasteiger partial charge in [0.05, 0.1) is 18.9 Å². The number of nitrogen functional groups attached to an aromatic ring is 1. The lowest BCUT2D eigenvalue weighted by Crippen LogP contribution is -2.41. The largest absolute Gasteiger partial charge is 0.497 e. The minimum absolute atomic E-state index is 0.341. The summed E-state index contributed by atoms with van der Waals surface area (Å²) in [5.74, 6) is 1.35. The standard InChI is InChI=1S/C20H23N3O/c1-23-10-9-19-18(12-23)17-11-15(24-2)7-8-16(17)20(22-19)13-3-5-14(21)6-4-13/h3-8,11,18-19H,9-10,12,21H2,1-2H3/t18-,19-/m1/s1. The van der Waals surface area contributed by atoms with E-state index in [0.29, 0.717) is 12.0 Å². The molecule has 2 heterocycles. The summed E-state index contributed by atoms with van der Waals surface area (Å²) >= 11 is 0. The summed E-state index contributed by atoms with van der Waals surface area (Å²) in [7, 11) is 3.92. The van der Waals surface area contributed by atoms with Crippen LogP contribution in [-0.4, -0.2) is 43.9 Å². The fourth-order valence-corrected chi connectivity index (χ4v) is 3.86. The minimum atomic E-state index is 0.341. The second-order valence-electron chi connectivity index (χ2n) is 6.78. The van der Waals surface area contributed by atoms with E-state index in [2.05, 4.69) is 36.2 Å². The van der Waals surface area contributed by atoms with Gasteiger partial charge in [0.25, 0.3) is 0 Å². The fraction of sp³-hybridized carbons (Fsp3) is 0.350. The molecular weight excluding hydrogens is 298 g/mol. The van der Waals surface area contributed by atoms with Crippen LogP contribution in [-0.2, 0) is 0 Å². The summed E-state index contributed by atoms with van der Waals surface area (Å²) in [5.41, 5.74) is 11.4. The highest BCUT2D eigenvalue weighted by Gasteiger charge is 2.35. The molecule has 0 bridgehead atoms.